The smallest absolute Gasteiger partial charge is 0.0404 e. The highest BCUT2D eigenvalue weighted by atomic mass is 35.5. The van der Waals surface area contributed by atoms with Crippen molar-refractivity contribution in [1.29, 1.82) is 0 Å². The van der Waals surface area contributed by atoms with Crippen molar-refractivity contribution in [3.05, 3.63) is 12.2 Å². The van der Waals surface area contributed by atoms with Crippen molar-refractivity contribution in [1.82, 2.24) is 4.90 Å². The number of alkyl halides is 1. The molecule has 0 saturated heterocycles. The van der Waals surface area contributed by atoms with E-state index in [2.05, 4.69) is 45.7 Å². The van der Waals surface area contributed by atoms with Gasteiger partial charge in [-0.25, -0.2) is 0 Å². The molecular formula is C11H22ClN. The van der Waals surface area contributed by atoms with Crippen LogP contribution in [0.3, 0.4) is 0 Å². The van der Waals surface area contributed by atoms with Gasteiger partial charge in [0.25, 0.3) is 0 Å². The number of hydrogen-bond acceptors (Lipinski definition) is 1. The summed E-state index contributed by atoms with van der Waals surface area (Å²) in [6, 6.07) is 0.576. The van der Waals surface area contributed by atoms with Crippen LogP contribution in [-0.2, 0) is 0 Å². The van der Waals surface area contributed by atoms with E-state index in [1.165, 1.54) is 0 Å². The molecule has 0 aromatic rings. The third kappa shape index (κ3) is 5.33. The van der Waals surface area contributed by atoms with Gasteiger partial charge in [-0.1, -0.05) is 32.9 Å². The molecule has 0 bridgehead atoms. The van der Waals surface area contributed by atoms with E-state index in [9.17, 15) is 0 Å². The third-order valence-electron chi connectivity index (χ3n) is 2.56. The Morgan fingerprint density at radius 3 is 2.23 bits per heavy atom. The lowest BCUT2D eigenvalue weighted by Crippen LogP contribution is -2.39. The van der Waals surface area contributed by atoms with E-state index in [-0.39, 0.29) is 0 Å². The predicted octanol–water partition coefficient (Wildman–Crippen LogP) is 3.15. The lowest BCUT2D eigenvalue weighted by atomic mass is 9.87. The molecule has 0 amide bonds. The van der Waals surface area contributed by atoms with Gasteiger partial charge in [0.05, 0.1) is 0 Å². The Labute approximate surface area is 87.8 Å². The summed E-state index contributed by atoms with van der Waals surface area (Å²) in [6.07, 6.45) is 4.11. The summed E-state index contributed by atoms with van der Waals surface area (Å²) in [7, 11) is 2.15. The van der Waals surface area contributed by atoms with Gasteiger partial charge in [0.15, 0.2) is 0 Å². The topological polar surface area (TPSA) is 3.24 Å². The van der Waals surface area contributed by atoms with Crippen LogP contribution in [0.1, 0.15) is 27.7 Å². The molecule has 1 atom stereocenters. The van der Waals surface area contributed by atoms with E-state index in [4.69, 9.17) is 11.6 Å². The molecule has 0 aliphatic heterocycles. The summed E-state index contributed by atoms with van der Waals surface area (Å²) >= 11 is 5.55. The Bertz CT molecular complexity index is 158. The lowest BCUT2D eigenvalue weighted by Gasteiger charge is -2.34. The van der Waals surface area contributed by atoms with Crippen LogP contribution in [-0.4, -0.2) is 30.4 Å². The SMILES string of the molecule is CC(N(C)CC=CCCl)C(C)(C)C. The largest absolute Gasteiger partial charge is 0.300 e. The van der Waals surface area contributed by atoms with Crippen molar-refractivity contribution in [3.63, 3.8) is 0 Å². The van der Waals surface area contributed by atoms with Crippen LogP contribution in [0.5, 0.6) is 0 Å². The molecule has 0 aliphatic rings. The quantitative estimate of drug-likeness (QED) is 0.501. The fourth-order valence-electron chi connectivity index (χ4n) is 1.12. The predicted molar refractivity (Wildman–Crippen MR) is 61.4 cm³/mol. The van der Waals surface area contributed by atoms with Crippen molar-refractivity contribution < 1.29 is 0 Å². The molecule has 1 unspecified atom stereocenters. The number of hydrogen-bond donors (Lipinski definition) is 0. The van der Waals surface area contributed by atoms with Crippen LogP contribution in [0.4, 0.5) is 0 Å². The van der Waals surface area contributed by atoms with E-state index in [0.29, 0.717) is 17.3 Å². The number of likely N-dealkylation sites (N-methyl/N-ethyl adjacent to an activating group) is 1. The fraction of sp³-hybridized carbons (Fsp3) is 0.818. The first-order valence-corrected chi connectivity index (χ1v) is 5.34. The van der Waals surface area contributed by atoms with E-state index < -0.39 is 0 Å². The highest BCUT2D eigenvalue weighted by Crippen LogP contribution is 2.22. The van der Waals surface area contributed by atoms with Gasteiger partial charge in [0, 0.05) is 18.5 Å². The van der Waals surface area contributed by atoms with E-state index in [0.717, 1.165) is 6.54 Å². The average molecular weight is 204 g/mol. The standard InChI is InChI=1S/C11H22ClN/c1-10(11(2,3)4)13(5)9-7-6-8-12/h6-7,10H,8-9H2,1-5H3. The maximum atomic E-state index is 5.55. The summed E-state index contributed by atoms with van der Waals surface area (Å²) < 4.78 is 0. The van der Waals surface area contributed by atoms with Crippen molar-refractivity contribution >= 4 is 11.6 Å². The third-order valence-corrected chi connectivity index (χ3v) is 2.74. The second-order valence-electron chi connectivity index (χ2n) is 4.61. The molecular weight excluding hydrogens is 182 g/mol. The second kappa shape index (κ2) is 5.66. The minimum Gasteiger partial charge on any atom is -0.300 e. The molecule has 0 spiro atoms. The second-order valence-corrected chi connectivity index (χ2v) is 4.92. The summed E-state index contributed by atoms with van der Waals surface area (Å²) in [5.74, 6) is 0.609. The highest BCUT2D eigenvalue weighted by Gasteiger charge is 2.22. The highest BCUT2D eigenvalue weighted by molar-refractivity contribution is 6.18. The minimum atomic E-state index is 0.337. The van der Waals surface area contributed by atoms with Crippen LogP contribution < -0.4 is 0 Å². The number of rotatable bonds is 4. The number of nitrogens with zero attached hydrogens (tertiary/aromatic N) is 1. The van der Waals surface area contributed by atoms with E-state index >= 15 is 0 Å². The fourth-order valence-corrected chi connectivity index (χ4v) is 1.25. The summed E-state index contributed by atoms with van der Waals surface area (Å²) in [4.78, 5) is 2.34. The first kappa shape index (κ1) is 13.0. The van der Waals surface area contributed by atoms with Crippen molar-refractivity contribution in [3.8, 4) is 0 Å². The maximum absolute atomic E-state index is 5.55. The molecule has 0 N–H and O–H groups in total. The Kier molecular flexibility index (Phi) is 5.66. The molecule has 0 radical (unpaired) electrons. The summed E-state index contributed by atoms with van der Waals surface area (Å²) in [6.45, 7) is 10.0. The Morgan fingerprint density at radius 1 is 1.31 bits per heavy atom. The van der Waals surface area contributed by atoms with Crippen LogP contribution in [0.25, 0.3) is 0 Å². The molecule has 2 heteroatoms. The summed E-state index contributed by atoms with van der Waals surface area (Å²) in [5.41, 5.74) is 0.337. The van der Waals surface area contributed by atoms with Gasteiger partial charge in [-0.3, -0.25) is 4.90 Å². The Morgan fingerprint density at radius 2 is 1.85 bits per heavy atom. The first-order valence-electron chi connectivity index (χ1n) is 4.80. The zero-order valence-corrected chi connectivity index (χ0v) is 10.2. The molecule has 0 aromatic heterocycles. The monoisotopic (exact) mass is 203 g/mol. The van der Waals surface area contributed by atoms with Crippen molar-refractivity contribution in [2.75, 3.05) is 19.5 Å². The molecule has 1 nitrogen and oxygen atoms in total. The summed E-state index contributed by atoms with van der Waals surface area (Å²) in [5, 5.41) is 0. The van der Waals surface area contributed by atoms with Crippen LogP contribution in [0.15, 0.2) is 12.2 Å². The van der Waals surface area contributed by atoms with Gasteiger partial charge in [-0.2, -0.15) is 0 Å². The molecule has 0 rings (SSSR count). The Hall–Kier alpha value is -0.0100. The van der Waals surface area contributed by atoms with Gasteiger partial charge in [0.1, 0.15) is 0 Å². The molecule has 0 aliphatic carbocycles. The molecule has 78 valence electrons. The molecule has 0 fully saturated rings. The van der Waals surface area contributed by atoms with Gasteiger partial charge in [-0.05, 0) is 19.4 Å². The number of halogens is 1. The van der Waals surface area contributed by atoms with Crippen LogP contribution >= 0.6 is 11.6 Å². The van der Waals surface area contributed by atoms with Gasteiger partial charge < -0.3 is 0 Å². The molecule has 0 aromatic carbocycles. The molecule has 0 saturated carbocycles. The zero-order valence-electron chi connectivity index (χ0n) is 9.47. The van der Waals surface area contributed by atoms with E-state index in [1.807, 2.05) is 6.08 Å². The maximum Gasteiger partial charge on any atom is 0.0404 e. The number of allylic oxidation sites excluding steroid dienone is 1. The van der Waals surface area contributed by atoms with Crippen molar-refractivity contribution in [2.45, 2.75) is 33.7 Å². The van der Waals surface area contributed by atoms with Crippen LogP contribution in [0, 0.1) is 5.41 Å². The van der Waals surface area contributed by atoms with E-state index in [1.54, 1.807) is 0 Å². The molecule has 13 heavy (non-hydrogen) atoms. The minimum absolute atomic E-state index is 0.337. The van der Waals surface area contributed by atoms with Crippen molar-refractivity contribution in [2.24, 2.45) is 5.41 Å². The average Bonchev–Trinajstić information content (AvgIpc) is 2.01. The normalized spacial score (nSPS) is 15.6. The van der Waals surface area contributed by atoms with Gasteiger partial charge >= 0.3 is 0 Å². The Balaban J connectivity index is 3.96. The molecule has 0 heterocycles. The first-order chi connectivity index (χ1) is 5.89. The van der Waals surface area contributed by atoms with Crippen LogP contribution in [0.2, 0.25) is 0 Å². The zero-order chi connectivity index (χ0) is 10.5. The van der Waals surface area contributed by atoms with Gasteiger partial charge in [-0.15, -0.1) is 11.6 Å². The van der Waals surface area contributed by atoms with Gasteiger partial charge in [0.2, 0.25) is 0 Å². The lowest BCUT2D eigenvalue weighted by molar-refractivity contribution is 0.154.